The van der Waals surface area contributed by atoms with Crippen LogP contribution in [0.1, 0.15) is 44.2 Å². The van der Waals surface area contributed by atoms with E-state index in [1.807, 2.05) is 17.9 Å². The topological polar surface area (TPSA) is 44.8 Å². The van der Waals surface area contributed by atoms with Gasteiger partial charge in [-0.15, -0.1) is 12.4 Å². The fraction of sp³-hybridized carbons (Fsp3) is 0.667. The third-order valence-electron chi connectivity index (χ3n) is 5.59. The van der Waals surface area contributed by atoms with Crippen LogP contribution in [0.15, 0.2) is 18.2 Å². The van der Waals surface area contributed by atoms with Gasteiger partial charge in [0, 0.05) is 45.3 Å². The molecule has 1 amide bonds. The molecular formula is C21H34ClN3O2. The first-order valence-corrected chi connectivity index (χ1v) is 9.96. The third kappa shape index (κ3) is 5.37. The molecule has 5 nitrogen and oxygen atoms in total. The molecule has 2 unspecified atom stereocenters. The van der Waals surface area contributed by atoms with Gasteiger partial charge < -0.3 is 15.0 Å². The molecule has 0 radical (unpaired) electrons. The van der Waals surface area contributed by atoms with Crippen LogP contribution in [0, 0.1) is 6.92 Å². The second kappa shape index (κ2) is 9.76. The monoisotopic (exact) mass is 395 g/mol. The first kappa shape index (κ1) is 22.0. The standard InChI is InChI=1S/C21H33N3O2.ClH/c1-15(2)19-6-5-16(3)13-20(19)26-17(4)21(25)24-10-7-18(14-24)23-11-8-22-9-12-23;/h5-6,13,15,17-18,22H,7-12,14H2,1-4H3;1H. The minimum Gasteiger partial charge on any atom is -0.481 e. The molecule has 2 atom stereocenters. The lowest BCUT2D eigenvalue weighted by molar-refractivity contribution is -0.137. The molecule has 1 aromatic rings. The lowest BCUT2D eigenvalue weighted by Gasteiger charge is -2.32. The second-order valence-corrected chi connectivity index (χ2v) is 7.97. The lowest BCUT2D eigenvalue weighted by atomic mass is 10.0. The predicted molar refractivity (Wildman–Crippen MR) is 112 cm³/mol. The van der Waals surface area contributed by atoms with E-state index in [-0.39, 0.29) is 18.3 Å². The van der Waals surface area contributed by atoms with Gasteiger partial charge in [0.2, 0.25) is 0 Å². The molecule has 1 N–H and O–H groups in total. The molecule has 0 aliphatic carbocycles. The number of benzene rings is 1. The molecule has 2 heterocycles. The molecule has 0 saturated carbocycles. The zero-order chi connectivity index (χ0) is 18.7. The summed E-state index contributed by atoms with van der Waals surface area (Å²) >= 11 is 0. The van der Waals surface area contributed by atoms with Gasteiger partial charge in [-0.3, -0.25) is 9.69 Å². The van der Waals surface area contributed by atoms with Crippen molar-refractivity contribution in [2.24, 2.45) is 0 Å². The lowest BCUT2D eigenvalue weighted by Crippen LogP contribution is -2.50. The number of rotatable bonds is 5. The fourth-order valence-electron chi connectivity index (χ4n) is 4.01. The number of carbonyl (C=O) groups is 1. The van der Waals surface area contributed by atoms with E-state index in [2.05, 4.69) is 43.1 Å². The number of carbonyl (C=O) groups excluding carboxylic acids is 1. The highest BCUT2D eigenvalue weighted by Crippen LogP contribution is 2.29. The Bertz CT molecular complexity index is 632. The second-order valence-electron chi connectivity index (χ2n) is 7.97. The maximum Gasteiger partial charge on any atom is 0.263 e. The van der Waals surface area contributed by atoms with E-state index < -0.39 is 6.10 Å². The molecule has 0 spiro atoms. The molecule has 6 heteroatoms. The Labute approximate surface area is 169 Å². The SMILES string of the molecule is Cc1ccc(C(C)C)c(OC(C)C(=O)N2CCC(N3CCNCC3)C2)c1.Cl. The van der Waals surface area contributed by atoms with Crippen molar-refractivity contribution in [1.82, 2.24) is 15.1 Å². The summed E-state index contributed by atoms with van der Waals surface area (Å²) < 4.78 is 6.13. The van der Waals surface area contributed by atoms with Gasteiger partial charge in [-0.25, -0.2) is 0 Å². The van der Waals surface area contributed by atoms with Gasteiger partial charge in [0.25, 0.3) is 5.91 Å². The molecule has 27 heavy (non-hydrogen) atoms. The minimum atomic E-state index is -0.448. The largest absolute Gasteiger partial charge is 0.481 e. The van der Waals surface area contributed by atoms with Crippen molar-refractivity contribution in [3.05, 3.63) is 29.3 Å². The van der Waals surface area contributed by atoms with Crippen molar-refractivity contribution < 1.29 is 9.53 Å². The number of piperazine rings is 1. The number of hydrogen-bond donors (Lipinski definition) is 1. The maximum atomic E-state index is 12.9. The van der Waals surface area contributed by atoms with Crippen LogP contribution in [0.2, 0.25) is 0 Å². The molecule has 2 fully saturated rings. The number of halogens is 1. The summed E-state index contributed by atoms with van der Waals surface area (Å²) in [6.45, 7) is 14.2. The average Bonchev–Trinajstić information content (AvgIpc) is 3.11. The Morgan fingerprint density at radius 1 is 1.19 bits per heavy atom. The van der Waals surface area contributed by atoms with Crippen molar-refractivity contribution in [2.75, 3.05) is 39.3 Å². The quantitative estimate of drug-likeness (QED) is 0.832. The number of hydrogen-bond acceptors (Lipinski definition) is 4. The number of nitrogens with one attached hydrogen (secondary N) is 1. The van der Waals surface area contributed by atoms with Crippen LogP contribution in [0.3, 0.4) is 0 Å². The Kier molecular flexibility index (Phi) is 7.95. The Balaban J connectivity index is 0.00000261. The van der Waals surface area contributed by atoms with E-state index in [0.717, 1.165) is 62.6 Å². The zero-order valence-electron chi connectivity index (χ0n) is 17.0. The maximum absolute atomic E-state index is 12.9. The molecule has 2 aliphatic rings. The van der Waals surface area contributed by atoms with Crippen LogP contribution in [-0.4, -0.2) is 67.1 Å². The summed E-state index contributed by atoms with van der Waals surface area (Å²) in [4.78, 5) is 17.4. The van der Waals surface area contributed by atoms with Gasteiger partial charge in [-0.2, -0.15) is 0 Å². The van der Waals surface area contributed by atoms with Gasteiger partial charge in [-0.1, -0.05) is 26.0 Å². The average molecular weight is 396 g/mol. The summed E-state index contributed by atoms with van der Waals surface area (Å²) in [5.41, 5.74) is 2.32. The van der Waals surface area contributed by atoms with E-state index >= 15 is 0 Å². The summed E-state index contributed by atoms with van der Waals surface area (Å²) in [6, 6.07) is 6.77. The molecule has 1 aromatic carbocycles. The molecular weight excluding hydrogens is 362 g/mol. The Morgan fingerprint density at radius 3 is 2.56 bits per heavy atom. The van der Waals surface area contributed by atoms with Gasteiger partial charge >= 0.3 is 0 Å². The zero-order valence-corrected chi connectivity index (χ0v) is 17.8. The highest BCUT2D eigenvalue weighted by Gasteiger charge is 2.33. The number of likely N-dealkylation sites (tertiary alicyclic amines) is 1. The first-order valence-electron chi connectivity index (χ1n) is 9.96. The summed E-state index contributed by atoms with van der Waals surface area (Å²) in [5, 5.41) is 3.39. The molecule has 3 rings (SSSR count). The Morgan fingerprint density at radius 2 is 1.89 bits per heavy atom. The van der Waals surface area contributed by atoms with E-state index in [9.17, 15) is 4.79 Å². The van der Waals surface area contributed by atoms with Crippen molar-refractivity contribution >= 4 is 18.3 Å². The van der Waals surface area contributed by atoms with E-state index in [1.165, 1.54) is 0 Å². The summed E-state index contributed by atoms with van der Waals surface area (Å²) in [6.07, 6.45) is 0.622. The van der Waals surface area contributed by atoms with Crippen molar-refractivity contribution in [3.8, 4) is 5.75 Å². The number of nitrogens with zero attached hydrogens (tertiary/aromatic N) is 2. The molecule has 152 valence electrons. The first-order chi connectivity index (χ1) is 12.5. The normalized spacial score (nSPS) is 21.8. The van der Waals surface area contributed by atoms with Crippen molar-refractivity contribution in [3.63, 3.8) is 0 Å². The highest BCUT2D eigenvalue weighted by atomic mass is 35.5. The Hall–Kier alpha value is -1.30. The van der Waals surface area contributed by atoms with E-state index in [4.69, 9.17) is 4.74 Å². The van der Waals surface area contributed by atoms with Crippen LogP contribution >= 0.6 is 12.4 Å². The summed E-state index contributed by atoms with van der Waals surface area (Å²) in [5.74, 6) is 1.33. The van der Waals surface area contributed by atoms with Crippen LogP contribution < -0.4 is 10.1 Å². The number of ether oxygens (including phenoxy) is 1. The molecule has 2 saturated heterocycles. The van der Waals surface area contributed by atoms with Crippen LogP contribution in [0.25, 0.3) is 0 Å². The highest BCUT2D eigenvalue weighted by molar-refractivity contribution is 5.85. The molecule has 0 bridgehead atoms. The predicted octanol–water partition coefficient (Wildman–Crippen LogP) is 2.81. The van der Waals surface area contributed by atoms with Crippen LogP contribution in [0.5, 0.6) is 5.75 Å². The van der Waals surface area contributed by atoms with Crippen molar-refractivity contribution in [1.29, 1.82) is 0 Å². The molecule has 2 aliphatic heterocycles. The van der Waals surface area contributed by atoms with E-state index in [1.54, 1.807) is 0 Å². The van der Waals surface area contributed by atoms with Gasteiger partial charge in [0.15, 0.2) is 6.10 Å². The minimum absolute atomic E-state index is 0. The molecule has 0 aromatic heterocycles. The van der Waals surface area contributed by atoms with E-state index in [0.29, 0.717) is 12.0 Å². The van der Waals surface area contributed by atoms with Crippen LogP contribution in [-0.2, 0) is 4.79 Å². The smallest absolute Gasteiger partial charge is 0.263 e. The van der Waals surface area contributed by atoms with Gasteiger partial charge in [-0.05, 0) is 43.4 Å². The third-order valence-corrected chi connectivity index (χ3v) is 5.59. The van der Waals surface area contributed by atoms with Gasteiger partial charge in [0.05, 0.1) is 0 Å². The summed E-state index contributed by atoms with van der Waals surface area (Å²) in [7, 11) is 0. The number of amides is 1. The van der Waals surface area contributed by atoms with Crippen molar-refractivity contribution in [2.45, 2.75) is 52.2 Å². The fourth-order valence-corrected chi connectivity index (χ4v) is 4.01. The van der Waals surface area contributed by atoms with Gasteiger partial charge in [0.1, 0.15) is 5.75 Å². The van der Waals surface area contributed by atoms with Crippen LogP contribution in [0.4, 0.5) is 0 Å². The number of aryl methyl sites for hydroxylation is 1.